The molecule has 184 valence electrons. The number of aromatic nitrogens is 2. The van der Waals surface area contributed by atoms with Crippen molar-refractivity contribution in [3.05, 3.63) is 88.9 Å². The van der Waals surface area contributed by atoms with Crippen molar-refractivity contribution >= 4 is 10.9 Å². The lowest BCUT2D eigenvalue weighted by molar-refractivity contribution is 0.282. The van der Waals surface area contributed by atoms with Crippen LogP contribution in [0.5, 0.6) is 0 Å². The number of aliphatic hydroxyl groups is 1. The van der Waals surface area contributed by atoms with E-state index in [0.717, 1.165) is 44.0 Å². The molecule has 4 rings (SSSR count). The maximum Gasteiger partial charge on any atom is 0.0643 e. The predicted octanol–water partition coefficient (Wildman–Crippen LogP) is 8.16. The van der Waals surface area contributed by atoms with Crippen LogP contribution in [0.2, 0.25) is 0 Å². The molecular formula is C32H40N2O. The van der Waals surface area contributed by atoms with Gasteiger partial charge in [-0.1, -0.05) is 76.9 Å². The summed E-state index contributed by atoms with van der Waals surface area (Å²) in [7, 11) is 0. The largest absolute Gasteiger partial charge is 0.396 e. The minimum absolute atomic E-state index is 0.268. The van der Waals surface area contributed by atoms with Gasteiger partial charge in [-0.25, -0.2) is 0 Å². The van der Waals surface area contributed by atoms with E-state index in [2.05, 4.69) is 86.3 Å². The van der Waals surface area contributed by atoms with Crippen molar-refractivity contribution in [1.29, 1.82) is 0 Å². The number of nitrogens with zero attached hydrogens (tertiary/aromatic N) is 1. The zero-order chi connectivity index (χ0) is 24.8. The predicted molar refractivity (Wildman–Crippen MR) is 148 cm³/mol. The first kappa shape index (κ1) is 25.2. The van der Waals surface area contributed by atoms with Crippen LogP contribution in [-0.4, -0.2) is 21.7 Å². The summed E-state index contributed by atoms with van der Waals surface area (Å²) in [6.45, 7) is 9.40. The molecule has 0 aliphatic carbocycles. The number of hydrogen-bond acceptors (Lipinski definition) is 2. The van der Waals surface area contributed by atoms with Crippen LogP contribution in [0.25, 0.3) is 22.0 Å². The van der Waals surface area contributed by atoms with Crippen LogP contribution in [0, 0.1) is 0 Å². The summed E-state index contributed by atoms with van der Waals surface area (Å²) < 4.78 is 0. The molecule has 3 nitrogen and oxygen atoms in total. The second-order valence-electron chi connectivity index (χ2n) is 9.95. The quantitative estimate of drug-likeness (QED) is 0.218. The van der Waals surface area contributed by atoms with E-state index < -0.39 is 0 Å². The summed E-state index contributed by atoms with van der Waals surface area (Å²) in [5, 5.41) is 10.6. The fourth-order valence-electron chi connectivity index (χ4n) is 5.52. The second-order valence-corrected chi connectivity index (χ2v) is 9.95. The van der Waals surface area contributed by atoms with Crippen LogP contribution in [0.4, 0.5) is 0 Å². The van der Waals surface area contributed by atoms with Gasteiger partial charge in [-0.3, -0.25) is 4.98 Å². The van der Waals surface area contributed by atoms with E-state index >= 15 is 0 Å². The zero-order valence-corrected chi connectivity index (χ0v) is 21.8. The molecule has 2 N–H and O–H groups in total. The molecule has 4 aromatic rings. The molecule has 2 heterocycles. The number of nitrogens with one attached hydrogen (secondary N) is 1. The standard InChI is InChI=1S/C32H40N2O/c1-5-23-11-10-12-24(6-2)32(23)29-19-25(14-15-26(29)22(3)4)27(13-8-7-9-18-35)30-20-34-31-21-33-17-16-28(30)31/h10-12,14-17,19-22,27,34-35H,5-9,13,18H2,1-4H3. The number of aromatic amines is 1. The first-order valence-corrected chi connectivity index (χ1v) is 13.4. The fraction of sp³-hybridized carbons (Fsp3) is 0.406. The second kappa shape index (κ2) is 11.7. The van der Waals surface area contributed by atoms with E-state index in [1.165, 1.54) is 44.3 Å². The van der Waals surface area contributed by atoms with Crippen LogP contribution in [0.3, 0.4) is 0 Å². The van der Waals surface area contributed by atoms with Gasteiger partial charge in [0.15, 0.2) is 0 Å². The highest BCUT2D eigenvalue weighted by molar-refractivity contribution is 5.83. The molecule has 2 aromatic heterocycles. The first-order valence-electron chi connectivity index (χ1n) is 13.4. The summed E-state index contributed by atoms with van der Waals surface area (Å²) in [4.78, 5) is 7.76. The average Bonchev–Trinajstić information content (AvgIpc) is 3.31. The molecule has 0 fully saturated rings. The molecule has 0 saturated carbocycles. The number of fused-ring (bicyclic) bond motifs is 1. The SMILES string of the molecule is CCc1cccc(CC)c1-c1cc(C(CCCCCO)c2c[nH]c3cnccc23)ccc1C(C)C. The van der Waals surface area contributed by atoms with Crippen molar-refractivity contribution in [2.75, 3.05) is 6.61 Å². The number of hydrogen-bond donors (Lipinski definition) is 2. The van der Waals surface area contributed by atoms with Gasteiger partial charge < -0.3 is 10.1 Å². The highest BCUT2D eigenvalue weighted by Crippen LogP contribution is 2.40. The van der Waals surface area contributed by atoms with Gasteiger partial charge in [-0.15, -0.1) is 0 Å². The Kier molecular flexibility index (Phi) is 8.41. The van der Waals surface area contributed by atoms with Gasteiger partial charge in [0.1, 0.15) is 0 Å². The van der Waals surface area contributed by atoms with Crippen molar-refractivity contribution < 1.29 is 5.11 Å². The van der Waals surface area contributed by atoms with Crippen LogP contribution >= 0.6 is 0 Å². The highest BCUT2D eigenvalue weighted by Gasteiger charge is 2.22. The van der Waals surface area contributed by atoms with Crippen LogP contribution in [0.15, 0.2) is 61.1 Å². The monoisotopic (exact) mass is 468 g/mol. The zero-order valence-electron chi connectivity index (χ0n) is 21.8. The lowest BCUT2D eigenvalue weighted by Gasteiger charge is -2.23. The molecule has 35 heavy (non-hydrogen) atoms. The summed E-state index contributed by atoms with van der Waals surface area (Å²) in [5.41, 5.74) is 10.9. The van der Waals surface area contributed by atoms with Gasteiger partial charge in [-0.05, 0) is 76.6 Å². The van der Waals surface area contributed by atoms with Gasteiger partial charge in [-0.2, -0.15) is 0 Å². The normalized spacial score (nSPS) is 12.5. The van der Waals surface area contributed by atoms with E-state index in [9.17, 15) is 5.11 Å². The van der Waals surface area contributed by atoms with Crippen molar-refractivity contribution in [2.24, 2.45) is 0 Å². The smallest absolute Gasteiger partial charge is 0.0643 e. The van der Waals surface area contributed by atoms with Gasteiger partial charge in [0.2, 0.25) is 0 Å². The first-order chi connectivity index (χ1) is 17.1. The Morgan fingerprint density at radius 1 is 0.914 bits per heavy atom. The summed E-state index contributed by atoms with van der Waals surface area (Å²) in [6.07, 6.45) is 12.1. The summed E-state index contributed by atoms with van der Waals surface area (Å²) >= 11 is 0. The number of rotatable bonds is 11. The number of aryl methyl sites for hydroxylation is 2. The molecule has 1 atom stereocenters. The topological polar surface area (TPSA) is 48.9 Å². The molecule has 0 aliphatic rings. The molecule has 0 amide bonds. The van der Waals surface area contributed by atoms with E-state index in [4.69, 9.17) is 0 Å². The number of aliphatic hydroxyl groups excluding tert-OH is 1. The molecule has 1 unspecified atom stereocenters. The Morgan fingerprint density at radius 3 is 2.37 bits per heavy atom. The number of pyridine rings is 1. The van der Waals surface area contributed by atoms with Crippen molar-refractivity contribution in [3.63, 3.8) is 0 Å². The molecular weight excluding hydrogens is 428 g/mol. The van der Waals surface area contributed by atoms with E-state index in [1.807, 2.05) is 12.4 Å². The van der Waals surface area contributed by atoms with Gasteiger partial charge >= 0.3 is 0 Å². The average molecular weight is 469 g/mol. The fourth-order valence-corrected chi connectivity index (χ4v) is 5.52. The Balaban J connectivity index is 1.88. The Hall–Kier alpha value is -2.91. The number of unbranched alkanes of at least 4 members (excludes halogenated alkanes) is 2. The molecule has 3 heteroatoms. The molecule has 2 aromatic carbocycles. The molecule has 0 aliphatic heterocycles. The highest BCUT2D eigenvalue weighted by atomic mass is 16.2. The van der Waals surface area contributed by atoms with E-state index in [1.54, 1.807) is 0 Å². The molecule has 0 radical (unpaired) electrons. The third kappa shape index (κ3) is 5.36. The molecule has 0 saturated heterocycles. The number of benzene rings is 2. The third-order valence-electron chi connectivity index (χ3n) is 7.41. The number of H-pyrrole nitrogens is 1. The van der Waals surface area contributed by atoms with Crippen molar-refractivity contribution in [2.45, 2.75) is 78.1 Å². The lowest BCUT2D eigenvalue weighted by atomic mass is 9.81. The lowest BCUT2D eigenvalue weighted by Crippen LogP contribution is -2.05. The van der Waals surface area contributed by atoms with Crippen molar-refractivity contribution in [3.8, 4) is 11.1 Å². The maximum atomic E-state index is 9.31. The molecule has 0 bridgehead atoms. The maximum absolute atomic E-state index is 9.31. The summed E-state index contributed by atoms with van der Waals surface area (Å²) in [5.74, 6) is 0.750. The van der Waals surface area contributed by atoms with E-state index in [-0.39, 0.29) is 6.61 Å². The minimum atomic E-state index is 0.268. The third-order valence-corrected chi connectivity index (χ3v) is 7.41. The van der Waals surface area contributed by atoms with Crippen molar-refractivity contribution in [1.82, 2.24) is 9.97 Å². The summed E-state index contributed by atoms with van der Waals surface area (Å²) in [6, 6.07) is 16.2. The Morgan fingerprint density at radius 2 is 1.69 bits per heavy atom. The Labute approximate surface area is 210 Å². The van der Waals surface area contributed by atoms with Gasteiger partial charge in [0.25, 0.3) is 0 Å². The van der Waals surface area contributed by atoms with Gasteiger partial charge in [0, 0.05) is 30.3 Å². The van der Waals surface area contributed by atoms with Gasteiger partial charge in [0.05, 0.1) is 11.7 Å². The van der Waals surface area contributed by atoms with Crippen LogP contribution in [-0.2, 0) is 12.8 Å². The van der Waals surface area contributed by atoms with Crippen LogP contribution < -0.4 is 0 Å². The van der Waals surface area contributed by atoms with E-state index in [0.29, 0.717) is 11.8 Å². The minimum Gasteiger partial charge on any atom is -0.396 e. The molecule has 0 spiro atoms. The van der Waals surface area contributed by atoms with Crippen LogP contribution in [0.1, 0.15) is 93.0 Å². The Bertz CT molecular complexity index is 1230.